The lowest BCUT2D eigenvalue weighted by Crippen LogP contribution is -2.25. The zero-order valence-electron chi connectivity index (χ0n) is 16.2. The molecule has 1 fully saturated rings. The second-order valence-corrected chi connectivity index (χ2v) is 8.92. The van der Waals surface area contributed by atoms with Crippen LogP contribution in [0.5, 0.6) is 0 Å². The van der Waals surface area contributed by atoms with E-state index < -0.39 is 10.0 Å². The van der Waals surface area contributed by atoms with Gasteiger partial charge in [0.25, 0.3) is 5.91 Å². The molecule has 1 aliphatic rings. The average molecular weight is 410 g/mol. The summed E-state index contributed by atoms with van der Waals surface area (Å²) in [5, 5.41) is 2.83. The molecular formula is C21H22N4O3S. The van der Waals surface area contributed by atoms with Gasteiger partial charge in [-0.2, -0.15) is 0 Å². The highest BCUT2D eigenvalue weighted by molar-refractivity contribution is 7.89. The predicted octanol–water partition coefficient (Wildman–Crippen LogP) is 3.18. The Morgan fingerprint density at radius 1 is 1.03 bits per heavy atom. The number of benzene rings is 2. The van der Waals surface area contributed by atoms with Crippen molar-refractivity contribution in [3.8, 4) is 5.69 Å². The standard InChI is InChI=1S/C21H22N4O3S/c1-14-15(2)25(13-22-14)19-9-7-17(8-10-19)23-21(26)16-3-11-20(12-4-16)29(27,28)24-18-5-6-18/h3-4,7-13,18,24H,5-6H2,1-2H3,(H,23,26). The number of aromatic nitrogens is 2. The van der Waals surface area contributed by atoms with Gasteiger partial charge in [0.05, 0.1) is 16.9 Å². The number of carbonyl (C=O) groups excluding carboxylic acids is 1. The van der Waals surface area contributed by atoms with Crippen molar-refractivity contribution >= 4 is 21.6 Å². The van der Waals surface area contributed by atoms with Crippen molar-refractivity contribution in [3.05, 3.63) is 71.8 Å². The first-order valence-corrected chi connectivity index (χ1v) is 10.9. The molecule has 0 unspecified atom stereocenters. The quantitative estimate of drug-likeness (QED) is 0.653. The van der Waals surface area contributed by atoms with Gasteiger partial charge in [0.2, 0.25) is 10.0 Å². The van der Waals surface area contributed by atoms with Crippen LogP contribution in [0.2, 0.25) is 0 Å². The summed E-state index contributed by atoms with van der Waals surface area (Å²) in [6.07, 6.45) is 3.52. The molecule has 0 radical (unpaired) electrons. The first-order chi connectivity index (χ1) is 13.8. The fraction of sp³-hybridized carbons (Fsp3) is 0.238. The van der Waals surface area contributed by atoms with Crippen molar-refractivity contribution in [1.82, 2.24) is 14.3 Å². The van der Waals surface area contributed by atoms with E-state index in [9.17, 15) is 13.2 Å². The number of nitrogens with one attached hydrogen (secondary N) is 2. The summed E-state index contributed by atoms with van der Waals surface area (Å²) in [6, 6.07) is 13.4. The number of anilines is 1. The molecule has 29 heavy (non-hydrogen) atoms. The molecule has 1 saturated carbocycles. The minimum Gasteiger partial charge on any atom is -0.322 e. The second-order valence-electron chi connectivity index (χ2n) is 7.21. The number of carbonyl (C=O) groups is 1. The van der Waals surface area contributed by atoms with Crippen molar-refractivity contribution in [1.29, 1.82) is 0 Å². The first kappa shape index (κ1) is 19.4. The lowest BCUT2D eigenvalue weighted by Gasteiger charge is -2.09. The van der Waals surface area contributed by atoms with E-state index in [1.54, 1.807) is 6.33 Å². The van der Waals surface area contributed by atoms with E-state index in [0.29, 0.717) is 11.3 Å². The molecule has 1 aromatic heterocycles. The van der Waals surface area contributed by atoms with Crippen LogP contribution < -0.4 is 10.0 Å². The Bertz CT molecular complexity index is 1150. The van der Waals surface area contributed by atoms with Crippen LogP contribution in [0.1, 0.15) is 34.6 Å². The van der Waals surface area contributed by atoms with Crippen LogP contribution in [-0.4, -0.2) is 29.9 Å². The number of nitrogens with zero attached hydrogens (tertiary/aromatic N) is 2. The number of rotatable bonds is 6. The maximum atomic E-state index is 12.5. The molecule has 8 heteroatoms. The van der Waals surface area contributed by atoms with Crippen molar-refractivity contribution in [3.63, 3.8) is 0 Å². The van der Waals surface area contributed by atoms with Gasteiger partial charge in [-0.25, -0.2) is 18.1 Å². The van der Waals surface area contributed by atoms with Gasteiger partial charge in [-0.3, -0.25) is 4.79 Å². The average Bonchev–Trinajstić information content (AvgIpc) is 3.45. The van der Waals surface area contributed by atoms with Crippen LogP contribution in [0, 0.1) is 13.8 Å². The van der Waals surface area contributed by atoms with E-state index in [4.69, 9.17) is 0 Å². The van der Waals surface area contributed by atoms with Crippen LogP contribution in [-0.2, 0) is 10.0 Å². The summed E-state index contributed by atoms with van der Waals surface area (Å²) in [6.45, 7) is 3.96. The SMILES string of the molecule is Cc1ncn(-c2ccc(NC(=O)c3ccc(S(=O)(=O)NC4CC4)cc3)cc2)c1C. The lowest BCUT2D eigenvalue weighted by molar-refractivity contribution is 0.102. The zero-order chi connectivity index (χ0) is 20.6. The number of amides is 1. The molecule has 0 aliphatic heterocycles. The monoisotopic (exact) mass is 410 g/mol. The minimum absolute atomic E-state index is 0.0426. The molecule has 0 bridgehead atoms. The molecule has 1 heterocycles. The number of imidazole rings is 1. The van der Waals surface area contributed by atoms with E-state index in [1.165, 1.54) is 24.3 Å². The molecule has 3 aromatic rings. The highest BCUT2D eigenvalue weighted by atomic mass is 32.2. The molecule has 2 aromatic carbocycles. The van der Waals surface area contributed by atoms with Crippen LogP contribution >= 0.6 is 0 Å². The summed E-state index contributed by atoms with van der Waals surface area (Å²) in [7, 11) is -3.52. The third kappa shape index (κ3) is 4.23. The Hall–Kier alpha value is -2.97. The maximum absolute atomic E-state index is 12.5. The second kappa shape index (κ2) is 7.46. The first-order valence-electron chi connectivity index (χ1n) is 9.38. The highest BCUT2D eigenvalue weighted by Gasteiger charge is 2.27. The van der Waals surface area contributed by atoms with Crippen molar-refractivity contribution in [2.75, 3.05) is 5.32 Å². The molecule has 1 aliphatic carbocycles. The Morgan fingerprint density at radius 2 is 1.69 bits per heavy atom. The van der Waals surface area contributed by atoms with E-state index in [1.807, 2.05) is 42.7 Å². The van der Waals surface area contributed by atoms with Crippen LogP contribution in [0.25, 0.3) is 5.69 Å². The Kier molecular flexibility index (Phi) is 4.97. The molecule has 4 rings (SSSR count). The molecular weight excluding hydrogens is 388 g/mol. The zero-order valence-corrected chi connectivity index (χ0v) is 17.0. The lowest BCUT2D eigenvalue weighted by atomic mass is 10.2. The summed E-state index contributed by atoms with van der Waals surface area (Å²) >= 11 is 0. The topological polar surface area (TPSA) is 93.1 Å². The van der Waals surface area contributed by atoms with Gasteiger partial charge in [-0.1, -0.05) is 0 Å². The fourth-order valence-electron chi connectivity index (χ4n) is 2.94. The summed E-state index contributed by atoms with van der Waals surface area (Å²) in [5.74, 6) is -0.300. The van der Waals surface area contributed by atoms with Crippen LogP contribution in [0.15, 0.2) is 59.8 Å². The van der Waals surface area contributed by atoms with Gasteiger partial charge in [-0.15, -0.1) is 0 Å². The van der Waals surface area contributed by atoms with E-state index in [0.717, 1.165) is 29.9 Å². The van der Waals surface area contributed by atoms with Crippen LogP contribution in [0.4, 0.5) is 5.69 Å². The Labute approximate surface area is 169 Å². The van der Waals surface area contributed by atoms with Crippen molar-refractivity contribution < 1.29 is 13.2 Å². The van der Waals surface area contributed by atoms with Crippen LogP contribution in [0.3, 0.4) is 0 Å². The van der Waals surface area contributed by atoms with E-state index >= 15 is 0 Å². The molecule has 2 N–H and O–H groups in total. The summed E-state index contributed by atoms with van der Waals surface area (Å²) < 4.78 is 29.0. The molecule has 150 valence electrons. The van der Waals surface area contributed by atoms with Gasteiger partial charge in [0.15, 0.2) is 0 Å². The number of sulfonamides is 1. The smallest absolute Gasteiger partial charge is 0.255 e. The van der Waals surface area contributed by atoms with E-state index in [2.05, 4.69) is 15.0 Å². The highest BCUT2D eigenvalue weighted by Crippen LogP contribution is 2.22. The maximum Gasteiger partial charge on any atom is 0.255 e. The summed E-state index contributed by atoms with van der Waals surface area (Å²) in [5.41, 5.74) is 4.04. The fourth-order valence-corrected chi connectivity index (χ4v) is 4.25. The van der Waals surface area contributed by atoms with Gasteiger partial charge >= 0.3 is 0 Å². The third-order valence-corrected chi connectivity index (χ3v) is 6.52. The third-order valence-electron chi connectivity index (χ3n) is 4.98. The number of aryl methyl sites for hydroxylation is 1. The number of hydrogen-bond donors (Lipinski definition) is 2. The Morgan fingerprint density at radius 3 is 2.24 bits per heavy atom. The molecule has 0 atom stereocenters. The summed E-state index contributed by atoms with van der Waals surface area (Å²) in [4.78, 5) is 16.9. The molecule has 1 amide bonds. The van der Waals surface area contributed by atoms with Crippen molar-refractivity contribution in [2.45, 2.75) is 37.6 Å². The van der Waals surface area contributed by atoms with Gasteiger partial charge < -0.3 is 9.88 Å². The van der Waals surface area contributed by atoms with E-state index in [-0.39, 0.29) is 16.8 Å². The van der Waals surface area contributed by atoms with Gasteiger partial charge in [0, 0.05) is 28.7 Å². The van der Waals surface area contributed by atoms with Gasteiger partial charge in [-0.05, 0) is 75.2 Å². The largest absolute Gasteiger partial charge is 0.322 e. The van der Waals surface area contributed by atoms with Crippen molar-refractivity contribution in [2.24, 2.45) is 0 Å². The minimum atomic E-state index is -3.52. The molecule has 0 spiro atoms. The predicted molar refractivity (Wildman–Crippen MR) is 111 cm³/mol. The number of hydrogen-bond acceptors (Lipinski definition) is 4. The van der Waals surface area contributed by atoms with Gasteiger partial charge in [0.1, 0.15) is 0 Å². The Balaban J connectivity index is 1.44. The normalized spacial score (nSPS) is 14.0. The molecule has 7 nitrogen and oxygen atoms in total. The molecule has 0 saturated heterocycles.